The fraction of sp³-hybridized carbons (Fsp3) is 0.348. The lowest BCUT2D eigenvalue weighted by Crippen LogP contribution is -2.48. The second-order valence-electron chi connectivity index (χ2n) is 7.92. The molecule has 0 bridgehead atoms. The summed E-state index contributed by atoms with van der Waals surface area (Å²) in [6, 6.07) is 14.2. The number of ether oxygens (including phenoxy) is 1. The van der Waals surface area contributed by atoms with Crippen LogP contribution in [0.2, 0.25) is 0 Å². The van der Waals surface area contributed by atoms with Crippen LogP contribution in [-0.2, 0) is 5.41 Å². The number of carbonyl (C=O) groups excluding carboxylic acids is 2. The Hall–Kier alpha value is -2.93. The molecule has 0 unspecified atom stereocenters. The molecular weight excluding hydrogens is 398 g/mol. The van der Waals surface area contributed by atoms with Gasteiger partial charge in [0.2, 0.25) is 0 Å². The molecule has 0 spiro atoms. The van der Waals surface area contributed by atoms with E-state index in [4.69, 9.17) is 17.0 Å². The number of thiocarbonyl (C=S) groups is 1. The van der Waals surface area contributed by atoms with E-state index in [1.807, 2.05) is 12.1 Å². The van der Waals surface area contributed by atoms with E-state index in [9.17, 15) is 9.59 Å². The zero-order valence-electron chi connectivity index (χ0n) is 17.9. The van der Waals surface area contributed by atoms with E-state index in [0.29, 0.717) is 23.5 Å². The third-order valence-electron chi connectivity index (χ3n) is 4.39. The standard InChI is InChI=1S/C23H29N3O3S/c1-5-6-14-29-19-9-7-8-17(15-19)20(27)24-22(30)26-25-21(28)16-10-12-18(13-11-16)23(2,3)4/h7-13,15H,5-6,14H2,1-4H3,(H,25,28)(H2,24,26,27,30). The number of rotatable bonds is 6. The van der Waals surface area contributed by atoms with E-state index < -0.39 is 5.91 Å². The van der Waals surface area contributed by atoms with Crippen LogP contribution in [-0.4, -0.2) is 23.5 Å². The van der Waals surface area contributed by atoms with Crippen LogP contribution >= 0.6 is 12.2 Å². The van der Waals surface area contributed by atoms with Gasteiger partial charge in [-0.15, -0.1) is 0 Å². The Morgan fingerprint density at radius 2 is 1.67 bits per heavy atom. The first-order valence-corrected chi connectivity index (χ1v) is 10.4. The zero-order valence-corrected chi connectivity index (χ0v) is 18.7. The summed E-state index contributed by atoms with van der Waals surface area (Å²) in [7, 11) is 0. The van der Waals surface area contributed by atoms with Gasteiger partial charge in [-0.2, -0.15) is 0 Å². The predicted molar refractivity (Wildman–Crippen MR) is 123 cm³/mol. The summed E-state index contributed by atoms with van der Waals surface area (Å²) in [6.07, 6.45) is 1.98. The molecule has 0 heterocycles. The minimum absolute atomic E-state index is 0.00281. The van der Waals surface area contributed by atoms with E-state index >= 15 is 0 Å². The first kappa shape index (κ1) is 23.3. The van der Waals surface area contributed by atoms with Gasteiger partial charge in [-0.1, -0.05) is 52.3 Å². The van der Waals surface area contributed by atoms with E-state index in [2.05, 4.69) is 43.9 Å². The van der Waals surface area contributed by atoms with Crippen LogP contribution in [0.25, 0.3) is 0 Å². The van der Waals surface area contributed by atoms with Gasteiger partial charge in [-0.05, 0) is 59.9 Å². The largest absolute Gasteiger partial charge is 0.494 e. The Bertz CT molecular complexity index is 889. The molecule has 7 heteroatoms. The van der Waals surface area contributed by atoms with Crippen molar-refractivity contribution in [3.63, 3.8) is 0 Å². The average Bonchev–Trinajstić information content (AvgIpc) is 2.72. The van der Waals surface area contributed by atoms with Crippen LogP contribution in [0.1, 0.15) is 66.8 Å². The van der Waals surface area contributed by atoms with Crippen molar-refractivity contribution in [2.45, 2.75) is 46.0 Å². The summed E-state index contributed by atoms with van der Waals surface area (Å²) in [5.41, 5.74) is 7.09. The van der Waals surface area contributed by atoms with Gasteiger partial charge in [0, 0.05) is 11.1 Å². The van der Waals surface area contributed by atoms with Gasteiger partial charge in [0.1, 0.15) is 5.75 Å². The van der Waals surface area contributed by atoms with E-state index in [1.54, 1.807) is 36.4 Å². The lowest BCUT2D eigenvalue weighted by molar-refractivity contribution is 0.0934. The molecule has 30 heavy (non-hydrogen) atoms. The SMILES string of the molecule is CCCCOc1cccc(C(=O)NC(=S)NNC(=O)c2ccc(C(C)(C)C)cc2)c1. The molecule has 2 aromatic carbocycles. The average molecular weight is 428 g/mol. The molecular formula is C23H29N3O3S. The third kappa shape index (κ3) is 7.15. The Balaban J connectivity index is 1.86. The highest BCUT2D eigenvalue weighted by molar-refractivity contribution is 7.80. The van der Waals surface area contributed by atoms with Crippen molar-refractivity contribution in [3.8, 4) is 5.75 Å². The molecule has 160 valence electrons. The second-order valence-corrected chi connectivity index (χ2v) is 8.33. The maximum absolute atomic E-state index is 12.4. The molecule has 0 saturated heterocycles. The summed E-state index contributed by atoms with van der Waals surface area (Å²) in [6.45, 7) is 9.01. The normalized spacial score (nSPS) is 10.8. The highest BCUT2D eigenvalue weighted by atomic mass is 32.1. The molecule has 0 aromatic heterocycles. The molecule has 0 saturated carbocycles. The van der Waals surface area contributed by atoms with Gasteiger partial charge in [0.05, 0.1) is 6.61 Å². The topological polar surface area (TPSA) is 79.5 Å². The van der Waals surface area contributed by atoms with Gasteiger partial charge < -0.3 is 4.74 Å². The Labute approximate surface area is 183 Å². The summed E-state index contributed by atoms with van der Waals surface area (Å²) in [5, 5.41) is 2.53. The fourth-order valence-electron chi connectivity index (χ4n) is 2.58. The fourth-order valence-corrected chi connectivity index (χ4v) is 2.72. The van der Waals surface area contributed by atoms with Crippen molar-refractivity contribution in [1.29, 1.82) is 0 Å². The van der Waals surface area contributed by atoms with E-state index in [1.165, 1.54) is 0 Å². The highest BCUT2D eigenvalue weighted by Crippen LogP contribution is 2.22. The summed E-state index contributed by atoms with van der Waals surface area (Å²) < 4.78 is 5.61. The number of amides is 2. The lowest BCUT2D eigenvalue weighted by Gasteiger charge is -2.19. The van der Waals surface area contributed by atoms with Crippen LogP contribution in [0.3, 0.4) is 0 Å². The Kier molecular flexibility index (Phi) is 8.35. The number of hydrogen-bond acceptors (Lipinski definition) is 4. The first-order chi connectivity index (χ1) is 14.2. The Morgan fingerprint density at radius 3 is 2.30 bits per heavy atom. The monoisotopic (exact) mass is 427 g/mol. The molecule has 0 atom stereocenters. The van der Waals surface area contributed by atoms with Gasteiger partial charge >= 0.3 is 0 Å². The molecule has 2 rings (SSSR count). The molecule has 3 N–H and O–H groups in total. The number of hydrogen-bond donors (Lipinski definition) is 3. The maximum atomic E-state index is 12.4. The lowest BCUT2D eigenvalue weighted by atomic mass is 9.87. The minimum Gasteiger partial charge on any atom is -0.494 e. The van der Waals surface area contributed by atoms with Crippen molar-refractivity contribution >= 4 is 29.1 Å². The first-order valence-electron chi connectivity index (χ1n) is 9.96. The van der Waals surface area contributed by atoms with Crippen molar-refractivity contribution in [3.05, 3.63) is 65.2 Å². The van der Waals surface area contributed by atoms with Gasteiger partial charge in [-0.3, -0.25) is 25.8 Å². The van der Waals surface area contributed by atoms with Crippen LogP contribution in [0.15, 0.2) is 48.5 Å². The summed E-state index contributed by atoms with van der Waals surface area (Å²) >= 11 is 5.10. The second kappa shape index (κ2) is 10.7. The quantitative estimate of drug-likeness (QED) is 0.367. The third-order valence-corrected chi connectivity index (χ3v) is 4.60. The number of carbonyl (C=O) groups is 2. The van der Waals surface area contributed by atoms with Crippen molar-refractivity contribution in [2.75, 3.05) is 6.61 Å². The minimum atomic E-state index is -0.391. The van der Waals surface area contributed by atoms with Crippen molar-refractivity contribution < 1.29 is 14.3 Å². The Morgan fingerprint density at radius 1 is 0.967 bits per heavy atom. The molecule has 0 aliphatic heterocycles. The molecule has 0 fully saturated rings. The van der Waals surface area contributed by atoms with Gasteiger partial charge in [0.15, 0.2) is 5.11 Å². The number of hydrazine groups is 1. The summed E-state index contributed by atoms with van der Waals surface area (Å²) in [5.74, 6) is -0.113. The number of nitrogens with one attached hydrogen (secondary N) is 3. The molecule has 0 aliphatic rings. The number of benzene rings is 2. The summed E-state index contributed by atoms with van der Waals surface area (Å²) in [4.78, 5) is 24.6. The van der Waals surface area contributed by atoms with Crippen molar-refractivity contribution in [1.82, 2.24) is 16.2 Å². The van der Waals surface area contributed by atoms with Gasteiger partial charge in [0.25, 0.3) is 11.8 Å². The van der Waals surface area contributed by atoms with Crippen molar-refractivity contribution in [2.24, 2.45) is 0 Å². The van der Waals surface area contributed by atoms with Crippen LogP contribution in [0.4, 0.5) is 0 Å². The maximum Gasteiger partial charge on any atom is 0.269 e. The van der Waals surface area contributed by atoms with E-state index in [-0.39, 0.29) is 16.4 Å². The van der Waals surface area contributed by atoms with Crippen LogP contribution < -0.4 is 20.9 Å². The molecule has 2 amide bonds. The van der Waals surface area contributed by atoms with Crippen LogP contribution in [0, 0.1) is 0 Å². The molecule has 0 aliphatic carbocycles. The zero-order chi connectivity index (χ0) is 22.1. The smallest absolute Gasteiger partial charge is 0.269 e. The van der Waals surface area contributed by atoms with Gasteiger partial charge in [-0.25, -0.2) is 0 Å². The van der Waals surface area contributed by atoms with E-state index in [0.717, 1.165) is 18.4 Å². The number of unbranched alkanes of at least 4 members (excludes halogenated alkanes) is 1. The predicted octanol–water partition coefficient (Wildman–Crippen LogP) is 4.11. The van der Waals surface area contributed by atoms with Crippen LogP contribution in [0.5, 0.6) is 5.75 Å². The molecule has 6 nitrogen and oxygen atoms in total. The highest BCUT2D eigenvalue weighted by Gasteiger charge is 2.15. The molecule has 0 radical (unpaired) electrons. The molecule has 2 aromatic rings.